The second-order valence-electron chi connectivity index (χ2n) is 6.59. The van der Waals surface area contributed by atoms with Crippen LogP contribution in [0.3, 0.4) is 0 Å². The van der Waals surface area contributed by atoms with Gasteiger partial charge in [-0.1, -0.05) is 6.07 Å². The van der Waals surface area contributed by atoms with Gasteiger partial charge in [0.2, 0.25) is 11.8 Å². The maximum Gasteiger partial charge on any atom is 0.414 e. The van der Waals surface area contributed by atoms with E-state index in [4.69, 9.17) is 10.5 Å². The van der Waals surface area contributed by atoms with Crippen LogP contribution in [0.25, 0.3) is 0 Å². The normalized spacial score (nSPS) is 19.6. The highest BCUT2D eigenvalue weighted by molar-refractivity contribution is 5.90. The molecule has 1 fully saturated rings. The van der Waals surface area contributed by atoms with Crippen LogP contribution in [0.2, 0.25) is 0 Å². The quantitative estimate of drug-likeness (QED) is 0.788. The van der Waals surface area contributed by atoms with Crippen molar-refractivity contribution >= 4 is 23.6 Å². The van der Waals surface area contributed by atoms with E-state index in [-0.39, 0.29) is 24.5 Å². The molecule has 8 nitrogen and oxygen atoms in total. The molecule has 26 heavy (non-hydrogen) atoms. The van der Waals surface area contributed by atoms with E-state index in [0.29, 0.717) is 26.2 Å². The lowest BCUT2D eigenvalue weighted by Gasteiger charge is -2.18. The molecule has 3 N–H and O–H groups in total. The number of carbonyl (C=O) groups is 3. The summed E-state index contributed by atoms with van der Waals surface area (Å²) < 4.78 is 5.32. The third-order valence-electron chi connectivity index (χ3n) is 4.78. The molecule has 3 amide bonds. The lowest BCUT2D eigenvalue weighted by Crippen LogP contribution is -2.37. The third-order valence-corrected chi connectivity index (χ3v) is 4.78. The fourth-order valence-corrected chi connectivity index (χ4v) is 3.35. The number of nitrogens with zero attached hydrogens (tertiary/aromatic N) is 2. The number of nitrogens with one attached hydrogen (secondary N) is 1. The first-order valence-electron chi connectivity index (χ1n) is 8.80. The molecule has 2 heterocycles. The Morgan fingerprint density at radius 1 is 1.27 bits per heavy atom. The summed E-state index contributed by atoms with van der Waals surface area (Å²) in [5.74, 6) is -0.192. The van der Waals surface area contributed by atoms with Crippen molar-refractivity contribution < 1.29 is 19.1 Å². The highest BCUT2D eigenvalue weighted by atomic mass is 16.6. The van der Waals surface area contributed by atoms with Crippen molar-refractivity contribution in [3.63, 3.8) is 0 Å². The predicted octanol–water partition coefficient (Wildman–Crippen LogP) is 0.0338. The van der Waals surface area contributed by atoms with Gasteiger partial charge in [-0.15, -0.1) is 0 Å². The number of benzene rings is 1. The van der Waals surface area contributed by atoms with Crippen molar-refractivity contribution in [1.29, 1.82) is 0 Å². The number of cyclic esters (lactones) is 1. The number of anilines is 1. The Morgan fingerprint density at radius 3 is 2.69 bits per heavy atom. The van der Waals surface area contributed by atoms with E-state index in [1.54, 1.807) is 9.80 Å². The number of amides is 3. The van der Waals surface area contributed by atoms with E-state index in [9.17, 15) is 14.4 Å². The largest absolute Gasteiger partial charge is 0.442 e. The van der Waals surface area contributed by atoms with Gasteiger partial charge in [-0.05, 0) is 36.1 Å². The highest BCUT2D eigenvalue weighted by Crippen LogP contribution is 2.26. The molecule has 0 aromatic heterocycles. The zero-order chi connectivity index (χ0) is 18.7. The SMILES string of the molecule is CC(=O)NC[C@H]1CN(c2ccc3c(c2)CCN(C(=O)CN)CC3)C(=O)O1. The molecule has 140 valence electrons. The van der Waals surface area contributed by atoms with Gasteiger partial charge in [0.25, 0.3) is 0 Å². The number of ether oxygens (including phenoxy) is 1. The lowest BCUT2D eigenvalue weighted by molar-refractivity contribution is -0.129. The minimum Gasteiger partial charge on any atom is -0.442 e. The molecule has 0 bridgehead atoms. The molecule has 2 aliphatic rings. The maximum atomic E-state index is 12.2. The van der Waals surface area contributed by atoms with Gasteiger partial charge in [-0.3, -0.25) is 14.5 Å². The summed E-state index contributed by atoms with van der Waals surface area (Å²) in [6.07, 6.45) is 0.737. The first kappa shape index (κ1) is 18.2. The van der Waals surface area contributed by atoms with Crippen molar-refractivity contribution in [1.82, 2.24) is 10.2 Å². The predicted molar refractivity (Wildman–Crippen MR) is 95.8 cm³/mol. The summed E-state index contributed by atoms with van der Waals surface area (Å²) >= 11 is 0. The molecule has 0 spiro atoms. The Labute approximate surface area is 152 Å². The molecule has 1 aromatic rings. The van der Waals surface area contributed by atoms with Gasteiger partial charge in [0, 0.05) is 25.7 Å². The summed E-state index contributed by atoms with van der Waals surface area (Å²) in [6.45, 7) is 3.44. The van der Waals surface area contributed by atoms with Gasteiger partial charge in [-0.25, -0.2) is 4.79 Å². The molecular weight excluding hydrogens is 336 g/mol. The Morgan fingerprint density at radius 2 is 2.00 bits per heavy atom. The average molecular weight is 360 g/mol. The average Bonchev–Trinajstić information content (AvgIpc) is 2.87. The number of carbonyl (C=O) groups excluding carboxylic acids is 3. The molecule has 0 aliphatic carbocycles. The van der Waals surface area contributed by atoms with Crippen molar-refractivity contribution in [2.45, 2.75) is 25.9 Å². The maximum absolute atomic E-state index is 12.2. The molecule has 1 aromatic carbocycles. The molecular formula is C18H24N4O4. The molecule has 0 saturated carbocycles. The second-order valence-corrected chi connectivity index (χ2v) is 6.59. The van der Waals surface area contributed by atoms with Crippen molar-refractivity contribution in [3.8, 4) is 0 Å². The van der Waals surface area contributed by atoms with E-state index in [1.165, 1.54) is 12.5 Å². The van der Waals surface area contributed by atoms with Gasteiger partial charge in [0.1, 0.15) is 6.10 Å². The molecule has 1 atom stereocenters. The Hall–Kier alpha value is -2.61. The monoisotopic (exact) mass is 360 g/mol. The van der Waals surface area contributed by atoms with E-state index in [0.717, 1.165) is 24.1 Å². The lowest BCUT2D eigenvalue weighted by atomic mass is 10.0. The summed E-state index contributed by atoms with van der Waals surface area (Å²) in [7, 11) is 0. The fourth-order valence-electron chi connectivity index (χ4n) is 3.35. The van der Waals surface area contributed by atoms with Crippen LogP contribution >= 0.6 is 0 Å². The van der Waals surface area contributed by atoms with E-state index in [2.05, 4.69) is 5.32 Å². The van der Waals surface area contributed by atoms with Crippen LogP contribution in [0.4, 0.5) is 10.5 Å². The molecule has 0 radical (unpaired) electrons. The van der Waals surface area contributed by atoms with Crippen LogP contribution in [-0.2, 0) is 27.2 Å². The Balaban J connectivity index is 1.70. The zero-order valence-electron chi connectivity index (χ0n) is 14.9. The molecule has 0 unspecified atom stereocenters. The number of fused-ring (bicyclic) bond motifs is 1. The van der Waals surface area contributed by atoms with Gasteiger partial charge < -0.3 is 20.7 Å². The van der Waals surface area contributed by atoms with Crippen molar-refractivity contribution in [2.75, 3.05) is 37.6 Å². The Kier molecular flexibility index (Phi) is 5.41. The first-order chi connectivity index (χ1) is 12.5. The number of nitrogens with two attached hydrogens (primary N) is 1. The molecule has 3 rings (SSSR count). The van der Waals surface area contributed by atoms with Gasteiger partial charge >= 0.3 is 6.09 Å². The van der Waals surface area contributed by atoms with Crippen LogP contribution in [0.15, 0.2) is 18.2 Å². The summed E-state index contributed by atoms with van der Waals surface area (Å²) in [5.41, 5.74) is 8.55. The molecule has 8 heteroatoms. The third kappa shape index (κ3) is 3.96. The van der Waals surface area contributed by atoms with E-state index in [1.807, 2.05) is 18.2 Å². The summed E-state index contributed by atoms with van der Waals surface area (Å²) in [5, 5.41) is 2.67. The highest BCUT2D eigenvalue weighted by Gasteiger charge is 2.32. The smallest absolute Gasteiger partial charge is 0.414 e. The summed E-state index contributed by atoms with van der Waals surface area (Å²) in [6, 6.07) is 5.91. The fraction of sp³-hybridized carbons (Fsp3) is 0.500. The van der Waals surface area contributed by atoms with Crippen LogP contribution in [0.1, 0.15) is 18.1 Å². The van der Waals surface area contributed by atoms with Gasteiger partial charge in [-0.2, -0.15) is 0 Å². The van der Waals surface area contributed by atoms with Gasteiger partial charge in [0.15, 0.2) is 0 Å². The van der Waals surface area contributed by atoms with Crippen molar-refractivity contribution in [2.24, 2.45) is 5.73 Å². The Bertz CT molecular complexity index is 721. The molecule has 1 saturated heterocycles. The minimum absolute atomic E-state index is 0.0247. The van der Waals surface area contributed by atoms with Crippen LogP contribution in [-0.4, -0.2) is 61.6 Å². The van der Waals surface area contributed by atoms with Crippen LogP contribution in [0, 0.1) is 0 Å². The second kappa shape index (κ2) is 7.74. The standard InChI is InChI=1S/C18H24N4O4/c1-12(23)20-10-16-11-22(18(25)26-16)15-3-2-13-4-6-21(17(24)9-19)7-5-14(13)8-15/h2-3,8,16H,4-7,9-11,19H2,1H3,(H,20,23)/t16-/m0/s1. The van der Waals surface area contributed by atoms with Crippen LogP contribution < -0.4 is 16.0 Å². The number of hydrogen-bond acceptors (Lipinski definition) is 5. The number of hydrogen-bond donors (Lipinski definition) is 2. The minimum atomic E-state index is -0.408. The van der Waals surface area contributed by atoms with Crippen LogP contribution in [0.5, 0.6) is 0 Å². The molecule has 2 aliphatic heterocycles. The van der Waals surface area contributed by atoms with Crippen molar-refractivity contribution in [3.05, 3.63) is 29.3 Å². The zero-order valence-corrected chi connectivity index (χ0v) is 14.9. The number of rotatable bonds is 4. The van der Waals surface area contributed by atoms with E-state index >= 15 is 0 Å². The van der Waals surface area contributed by atoms with Gasteiger partial charge in [0.05, 0.1) is 19.6 Å². The van der Waals surface area contributed by atoms with E-state index < -0.39 is 6.09 Å². The summed E-state index contributed by atoms with van der Waals surface area (Å²) in [4.78, 5) is 38.4. The topological polar surface area (TPSA) is 105 Å². The first-order valence-corrected chi connectivity index (χ1v) is 8.80.